The number of aryl methyl sites for hydroxylation is 1. The van der Waals surface area contributed by atoms with Crippen LogP contribution >= 0.6 is 0 Å². The predicted octanol–water partition coefficient (Wildman–Crippen LogP) is 4.31. The Morgan fingerprint density at radius 2 is 2.03 bits per heavy atom. The number of aromatic amines is 1. The molecule has 1 fully saturated rings. The first-order valence-electron chi connectivity index (χ1n) is 10.7. The molecule has 0 saturated carbocycles. The zero-order valence-electron chi connectivity index (χ0n) is 18.1. The van der Waals surface area contributed by atoms with Gasteiger partial charge in [0.25, 0.3) is 5.56 Å². The van der Waals surface area contributed by atoms with Crippen molar-refractivity contribution in [1.82, 2.24) is 19.7 Å². The van der Waals surface area contributed by atoms with Gasteiger partial charge in [0.2, 0.25) is 5.88 Å². The monoisotopic (exact) mass is 418 g/mol. The molecular weight excluding hydrogens is 392 g/mol. The van der Waals surface area contributed by atoms with Gasteiger partial charge in [-0.25, -0.2) is 4.98 Å². The molecule has 0 amide bonds. The van der Waals surface area contributed by atoms with E-state index in [1.165, 1.54) is 0 Å². The van der Waals surface area contributed by atoms with E-state index in [1.807, 2.05) is 30.8 Å². The molecule has 0 bridgehead atoms. The van der Waals surface area contributed by atoms with Crippen molar-refractivity contribution < 1.29 is 9.47 Å². The lowest BCUT2D eigenvalue weighted by molar-refractivity contribution is 0.141. The molecule has 1 aliphatic rings. The summed E-state index contributed by atoms with van der Waals surface area (Å²) in [6, 6.07) is 6.46. The fourth-order valence-corrected chi connectivity index (χ4v) is 4.77. The van der Waals surface area contributed by atoms with Crippen LogP contribution in [0.5, 0.6) is 5.88 Å². The third kappa shape index (κ3) is 3.29. The third-order valence-electron chi connectivity index (χ3n) is 6.28. The highest BCUT2D eigenvalue weighted by Gasteiger charge is 2.21. The molecule has 5 rings (SSSR count). The summed E-state index contributed by atoms with van der Waals surface area (Å²) in [5, 5.41) is 6.25. The Morgan fingerprint density at radius 1 is 1.16 bits per heavy atom. The molecule has 1 saturated heterocycles. The Kier molecular flexibility index (Phi) is 4.98. The number of H-pyrrole nitrogens is 1. The number of hydrogen-bond acceptors (Lipinski definition) is 5. The van der Waals surface area contributed by atoms with Gasteiger partial charge in [-0.3, -0.25) is 9.48 Å². The first-order chi connectivity index (χ1) is 15.1. The summed E-state index contributed by atoms with van der Waals surface area (Å²) in [5.41, 5.74) is 5.72. The Morgan fingerprint density at radius 3 is 2.87 bits per heavy atom. The molecule has 0 spiro atoms. The number of hydrogen-bond donors (Lipinski definition) is 1. The van der Waals surface area contributed by atoms with E-state index >= 15 is 0 Å². The van der Waals surface area contributed by atoms with Gasteiger partial charge in [0.15, 0.2) is 0 Å². The summed E-state index contributed by atoms with van der Waals surface area (Å²) >= 11 is 0. The van der Waals surface area contributed by atoms with E-state index in [9.17, 15) is 4.79 Å². The fraction of sp³-hybridized carbons (Fsp3) is 0.375. The summed E-state index contributed by atoms with van der Waals surface area (Å²) < 4.78 is 13.1. The first-order valence-corrected chi connectivity index (χ1v) is 10.7. The highest BCUT2D eigenvalue weighted by Crippen LogP contribution is 2.34. The number of nitrogens with one attached hydrogen (secondary N) is 1. The van der Waals surface area contributed by atoms with Crippen LogP contribution in [-0.2, 0) is 4.74 Å². The van der Waals surface area contributed by atoms with Gasteiger partial charge in [0.1, 0.15) is 0 Å². The standard InChI is InChI=1S/C24H26N4O3/c1-14-12-25-24(30-3)15(2)21(14)16-6-7-18-20(11-16)27-23(29)19-13-26-28(22(18)19)17-5-4-9-31-10-8-17/h6-7,11-13,17H,4-5,8-10H2,1-3H3,(H,27,29)/t17-/m0/s1. The molecular formula is C24H26N4O3. The lowest BCUT2D eigenvalue weighted by atomic mass is 9.96. The number of rotatable bonds is 3. The van der Waals surface area contributed by atoms with Gasteiger partial charge in [-0.2, -0.15) is 5.10 Å². The molecule has 1 aliphatic heterocycles. The van der Waals surface area contributed by atoms with Crippen LogP contribution in [0, 0.1) is 13.8 Å². The number of fused-ring (bicyclic) bond motifs is 3. The Balaban J connectivity index is 1.72. The van der Waals surface area contributed by atoms with E-state index in [0.29, 0.717) is 11.3 Å². The Labute approximate surface area is 180 Å². The van der Waals surface area contributed by atoms with Gasteiger partial charge in [0.05, 0.1) is 35.8 Å². The number of aromatic nitrogens is 4. The summed E-state index contributed by atoms with van der Waals surface area (Å²) in [6.07, 6.45) is 6.41. The van der Waals surface area contributed by atoms with Crippen molar-refractivity contribution in [3.05, 3.63) is 52.1 Å². The largest absolute Gasteiger partial charge is 0.481 e. The van der Waals surface area contributed by atoms with Crippen molar-refractivity contribution in [1.29, 1.82) is 0 Å². The quantitative estimate of drug-likeness (QED) is 0.536. The summed E-state index contributed by atoms with van der Waals surface area (Å²) in [5.74, 6) is 0.610. The van der Waals surface area contributed by atoms with Crippen LogP contribution in [0.2, 0.25) is 0 Å². The van der Waals surface area contributed by atoms with Gasteiger partial charge in [-0.1, -0.05) is 12.1 Å². The molecule has 1 atom stereocenters. The summed E-state index contributed by atoms with van der Waals surface area (Å²) in [6.45, 7) is 5.55. The lowest BCUT2D eigenvalue weighted by Crippen LogP contribution is -2.13. The average molecular weight is 418 g/mol. The molecule has 1 aromatic carbocycles. The fourth-order valence-electron chi connectivity index (χ4n) is 4.77. The van der Waals surface area contributed by atoms with Crippen LogP contribution in [0.3, 0.4) is 0 Å². The molecule has 0 unspecified atom stereocenters. The van der Waals surface area contributed by atoms with Gasteiger partial charge in [-0.15, -0.1) is 0 Å². The maximum atomic E-state index is 12.9. The second kappa shape index (κ2) is 7.81. The molecule has 4 aromatic rings. The van der Waals surface area contributed by atoms with Crippen LogP contribution in [0.25, 0.3) is 32.9 Å². The SMILES string of the molecule is COc1ncc(C)c(-c2ccc3c(c2)[nH]c(=O)c2cnn([C@H]4CCCOCC4)c23)c1C. The van der Waals surface area contributed by atoms with E-state index < -0.39 is 0 Å². The van der Waals surface area contributed by atoms with E-state index in [2.05, 4.69) is 27.2 Å². The van der Waals surface area contributed by atoms with E-state index in [-0.39, 0.29) is 11.6 Å². The van der Waals surface area contributed by atoms with Gasteiger partial charge < -0.3 is 14.5 Å². The van der Waals surface area contributed by atoms with Gasteiger partial charge in [-0.05, 0) is 55.9 Å². The topological polar surface area (TPSA) is 82.0 Å². The molecule has 0 radical (unpaired) electrons. The van der Waals surface area contributed by atoms with E-state index in [0.717, 1.165) is 71.1 Å². The minimum absolute atomic E-state index is 0.114. The number of methoxy groups -OCH3 is 1. The van der Waals surface area contributed by atoms with Crippen LogP contribution in [0.15, 0.2) is 35.4 Å². The molecule has 4 heterocycles. The van der Waals surface area contributed by atoms with Crippen molar-refractivity contribution in [3.63, 3.8) is 0 Å². The highest BCUT2D eigenvalue weighted by molar-refractivity contribution is 6.04. The van der Waals surface area contributed by atoms with Gasteiger partial charge >= 0.3 is 0 Å². The van der Waals surface area contributed by atoms with Crippen molar-refractivity contribution in [3.8, 4) is 17.0 Å². The maximum absolute atomic E-state index is 12.9. The average Bonchev–Trinajstić information content (AvgIpc) is 3.03. The molecule has 31 heavy (non-hydrogen) atoms. The normalized spacial score (nSPS) is 17.2. The molecule has 160 valence electrons. The van der Waals surface area contributed by atoms with Crippen LogP contribution in [-0.4, -0.2) is 40.1 Å². The molecule has 1 N–H and O–H groups in total. The maximum Gasteiger partial charge on any atom is 0.259 e. The minimum atomic E-state index is -0.114. The lowest BCUT2D eigenvalue weighted by Gasteiger charge is -2.17. The van der Waals surface area contributed by atoms with Crippen molar-refractivity contribution in [2.45, 2.75) is 39.2 Å². The number of pyridine rings is 2. The summed E-state index contributed by atoms with van der Waals surface area (Å²) in [4.78, 5) is 20.3. The Bertz CT molecular complexity index is 1330. The zero-order chi connectivity index (χ0) is 21.5. The number of nitrogens with zero attached hydrogens (tertiary/aromatic N) is 3. The second-order valence-corrected chi connectivity index (χ2v) is 8.21. The number of benzene rings is 1. The van der Waals surface area contributed by atoms with Crippen LogP contribution < -0.4 is 10.3 Å². The van der Waals surface area contributed by atoms with E-state index in [1.54, 1.807) is 13.3 Å². The third-order valence-corrected chi connectivity index (χ3v) is 6.28. The van der Waals surface area contributed by atoms with Crippen molar-refractivity contribution in [2.75, 3.05) is 20.3 Å². The second-order valence-electron chi connectivity index (χ2n) is 8.21. The highest BCUT2D eigenvalue weighted by atomic mass is 16.5. The number of ether oxygens (including phenoxy) is 2. The first kappa shape index (κ1) is 19.8. The van der Waals surface area contributed by atoms with Crippen molar-refractivity contribution >= 4 is 21.8 Å². The predicted molar refractivity (Wildman–Crippen MR) is 121 cm³/mol. The van der Waals surface area contributed by atoms with Crippen LogP contribution in [0.1, 0.15) is 36.4 Å². The zero-order valence-corrected chi connectivity index (χ0v) is 18.1. The van der Waals surface area contributed by atoms with E-state index in [4.69, 9.17) is 9.47 Å². The smallest absolute Gasteiger partial charge is 0.259 e. The van der Waals surface area contributed by atoms with Crippen LogP contribution in [0.4, 0.5) is 0 Å². The minimum Gasteiger partial charge on any atom is -0.481 e. The molecule has 3 aromatic heterocycles. The Hall–Kier alpha value is -3.19. The molecule has 7 heteroatoms. The van der Waals surface area contributed by atoms with Crippen molar-refractivity contribution in [2.24, 2.45) is 0 Å². The molecule has 7 nitrogen and oxygen atoms in total. The van der Waals surface area contributed by atoms with Gasteiger partial charge in [0, 0.05) is 30.4 Å². The summed E-state index contributed by atoms with van der Waals surface area (Å²) in [7, 11) is 1.63. The molecule has 0 aliphatic carbocycles.